The van der Waals surface area contributed by atoms with Crippen LogP contribution in [0.4, 0.5) is 4.79 Å². The van der Waals surface area contributed by atoms with Gasteiger partial charge in [-0.25, -0.2) is 4.79 Å². The molecule has 3 rings (SSSR count). The van der Waals surface area contributed by atoms with Gasteiger partial charge < -0.3 is 14.9 Å². The van der Waals surface area contributed by atoms with Gasteiger partial charge in [-0.1, -0.05) is 36.8 Å². The molecule has 0 aromatic heterocycles. The zero-order chi connectivity index (χ0) is 18.4. The molecule has 0 bridgehead atoms. The SMILES string of the molecule is O=C1CCN(C(=O)O)[C@H](c2ccccc2)CN1CCCN1CCCCC1. The Morgan fingerprint density at radius 3 is 2.46 bits per heavy atom. The topological polar surface area (TPSA) is 64.1 Å². The van der Waals surface area contributed by atoms with Crippen LogP contribution in [0.5, 0.6) is 0 Å². The molecule has 142 valence electrons. The van der Waals surface area contributed by atoms with E-state index >= 15 is 0 Å². The molecule has 2 amide bonds. The highest BCUT2D eigenvalue weighted by molar-refractivity contribution is 5.78. The van der Waals surface area contributed by atoms with Gasteiger partial charge in [0.1, 0.15) is 0 Å². The van der Waals surface area contributed by atoms with Crippen LogP contribution in [-0.4, -0.2) is 71.1 Å². The summed E-state index contributed by atoms with van der Waals surface area (Å²) in [5, 5.41) is 9.60. The summed E-state index contributed by atoms with van der Waals surface area (Å²) in [6, 6.07) is 9.36. The van der Waals surface area contributed by atoms with Crippen molar-refractivity contribution in [2.45, 2.75) is 38.1 Å². The summed E-state index contributed by atoms with van der Waals surface area (Å²) in [7, 11) is 0. The number of likely N-dealkylation sites (tertiary alicyclic amines) is 1. The molecular weight excluding hydrogens is 330 g/mol. The molecular formula is C20H29N3O3. The molecule has 0 aliphatic carbocycles. The molecule has 2 aliphatic rings. The number of carboxylic acid groups (broad SMARTS) is 1. The van der Waals surface area contributed by atoms with E-state index in [1.54, 1.807) is 0 Å². The van der Waals surface area contributed by atoms with Crippen LogP contribution in [0.15, 0.2) is 30.3 Å². The van der Waals surface area contributed by atoms with E-state index in [4.69, 9.17) is 0 Å². The second-order valence-electron chi connectivity index (χ2n) is 7.25. The van der Waals surface area contributed by atoms with Gasteiger partial charge in [0.15, 0.2) is 0 Å². The van der Waals surface area contributed by atoms with Crippen molar-refractivity contribution in [2.75, 3.05) is 39.3 Å². The largest absolute Gasteiger partial charge is 0.465 e. The molecule has 2 aliphatic heterocycles. The van der Waals surface area contributed by atoms with E-state index in [0.29, 0.717) is 13.1 Å². The predicted molar refractivity (Wildman–Crippen MR) is 100 cm³/mol. The van der Waals surface area contributed by atoms with Crippen LogP contribution in [0, 0.1) is 0 Å². The molecule has 6 heteroatoms. The highest BCUT2D eigenvalue weighted by Gasteiger charge is 2.32. The molecule has 0 saturated carbocycles. The predicted octanol–water partition coefficient (Wildman–Crippen LogP) is 2.82. The molecule has 2 saturated heterocycles. The van der Waals surface area contributed by atoms with Gasteiger partial charge in [0, 0.05) is 26.1 Å². The fourth-order valence-electron chi connectivity index (χ4n) is 4.01. The van der Waals surface area contributed by atoms with Crippen molar-refractivity contribution in [1.29, 1.82) is 0 Å². The fraction of sp³-hybridized carbons (Fsp3) is 0.600. The zero-order valence-corrected chi connectivity index (χ0v) is 15.3. The third-order valence-corrected chi connectivity index (χ3v) is 5.47. The maximum absolute atomic E-state index is 12.5. The van der Waals surface area contributed by atoms with Crippen LogP contribution < -0.4 is 0 Å². The van der Waals surface area contributed by atoms with E-state index in [2.05, 4.69) is 4.90 Å². The number of hydrogen-bond donors (Lipinski definition) is 1. The number of benzene rings is 1. The molecule has 2 heterocycles. The monoisotopic (exact) mass is 359 g/mol. The molecule has 1 atom stereocenters. The van der Waals surface area contributed by atoms with E-state index in [1.807, 2.05) is 35.2 Å². The molecule has 0 spiro atoms. The van der Waals surface area contributed by atoms with Crippen molar-refractivity contribution in [3.8, 4) is 0 Å². The Morgan fingerprint density at radius 1 is 1.04 bits per heavy atom. The number of hydrogen-bond acceptors (Lipinski definition) is 3. The lowest BCUT2D eigenvalue weighted by Crippen LogP contribution is -2.39. The van der Waals surface area contributed by atoms with Crippen molar-refractivity contribution in [1.82, 2.24) is 14.7 Å². The van der Waals surface area contributed by atoms with E-state index in [9.17, 15) is 14.7 Å². The first-order valence-electron chi connectivity index (χ1n) is 9.70. The summed E-state index contributed by atoms with van der Waals surface area (Å²) in [5.74, 6) is 0.0633. The van der Waals surface area contributed by atoms with Gasteiger partial charge in [-0.05, 0) is 44.5 Å². The third kappa shape index (κ3) is 4.75. The summed E-state index contributed by atoms with van der Waals surface area (Å²) >= 11 is 0. The Morgan fingerprint density at radius 2 is 1.77 bits per heavy atom. The average Bonchev–Trinajstić information content (AvgIpc) is 2.83. The van der Waals surface area contributed by atoms with Gasteiger partial charge in [0.25, 0.3) is 0 Å². The van der Waals surface area contributed by atoms with Gasteiger partial charge in [-0.3, -0.25) is 9.69 Å². The number of rotatable bonds is 5. The third-order valence-electron chi connectivity index (χ3n) is 5.47. The molecule has 26 heavy (non-hydrogen) atoms. The van der Waals surface area contributed by atoms with Crippen LogP contribution >= 0.6 is 0 Å². The van der Waals surface area contributed by atoms with Crippen LogP contribution in [0.25, 0.3) is 0 Å². The van der Waals surface area contributed by atoms with Gasteiger partial charge in [-0.2, -0.15) is 0 Å². The number of carbonyl (C=O) groups excluding carboxylic acids is 1. The first-order chi connectivity index (χ1) is 12.6. The molecule has 1 N–H and O–H groups in total. The maximum atomic E-state index is 12.5. The molecule has 6 nitrogen and oxygen atoms in total. The highest BCUT2D eigenvalue weighted by Crippen LogP contribution is 2.25. The number of piperidine rings is 1. The first-order valence-corrected chi connectivity index (χ1v) is 9.70. The van der Waals surface area contributed by atoms with Crippen LogP contribution in [0.2, 0.25) is 0 Å². The summed E-state index contributed by atoms with van der Waals surface area (Å²) in [6.07, 6.45) is 4.12. The summed E-state index contributed by atoms with van der Waals surface area (Å²) in [4.78, 5) is 30.0. The number of carbonyl (C=O) groups is 2. The summed E-state index contributed by atoms with van der Waals surface area (Å²) < 4.78 is 0. The van der Waals surface area contributed by atoms with Gasteiger partial charge >= 0.3 is 6.09 Å². The number of nitrogens with zero attached hydrogens (tertiary/aromatic N) is 3. The van der Waals surface area contributed by atoms with Crippen molar-refractivity contribution in [3.63, 3.8) is 0 Å². The Kier molecular flexibility index (Phi) is 6.50. The minimum Gasteiger partial charge on any atom is -0.465 e. The first kappa shape index (κ1) is 18.7. The second-order valence-corrected chi connectivity index (χ2v) is 7.25. The quantitative estimate of drug-likeness (QED) is 0.878. The minimum absolute atomic E-state index is 0.0633. The van der Waals surface area contributed by atoms with Crippen LogP contribution in [0.1, 0.15) is 43.7 Å². The lowest BCUT2D eigenvalue weighted by atomic mass is 10.1. The summed E-state index contributed by atoms with van der Waals surface area (Å²) in [5.41, 5.74) is 0.950. The fourth-order valence-corrected chi connectivity index (χ4v) is 4.01. The van der Waals surface area contributed by atoms with Crippen LogP contribution in [0.3, 0.4) is 0 Å². The van der Waals surface area contributed by atoms with Gasteiger partial charge in [0.05, 0.1) is 6.04 Å². The Hall–Kier alpha value is -2.08. The molecule has 2 fully saturated rings. The molecule has 1 aromatic rings. The highest BCUT2D eigenvalue weighted by atomic mass is 16.4. The van der Waals surface area contributed by atoms with Crippen molar-refractivity contribution < 1.29 is 14.7 Å². The normalized spacial score (nSPS) is 22.3. The lowest BCUT2D eigenvalue weighted by Gasteiger charge is -2.31. The molecule has 1 aromatic carbocycles. The van der Waals surface area contributed by atoms with E-state index in [1.165, 1.54) is 24.2 Å². The average molecular weight is 359 g/mol. The van der Waals surface area contributed by atoms with Gasteiger partial charge in [0.2, 0.25) is 5.91 Å². The zero-order valence-electron chi connectivity index (χ0n) is 15.3. The second kappa shape index (κ2) is 9.03. The molecule has 0 radical (unpaired) electrons. The van der Waals surface area contributed by atoms with Gasteiger partial charge in [-0.15, -0.1) is 0 Å². The Balaban J connectivity index is 1.65. The lowest BCUT2D eigenvalue weighted by molar-refractivity contribution is -0.130. The Labute approximate surface area is 155 Å². The van der Waals surface area contributed by atoms with E-state index < -0.39 is 6.09 Å². The molecule has 0 unspecified atom stereocenters. The standard InChI is InChI=1S/C20H29N3O3/c24-19-10-15-23(20(25)26)18(17-8-3-1-4-9-17)16-22(19)14-7-13-21-11-5-2-6-12-21/h1,3-4,8-9,18H,2,5-7,10-16H2,(H,25,26)/t18-/m0/s1. The summed E-state index contributed by atoms with van der Waals surface area (Å²) in [6.45, 7) is 4.74. The number of amides is 2. The van der Waals surface area contributed by atoms with Crippen molar-refractivity contribution >= 4 is 12.0 Å². The maximum Gasteiger partial charge on any atom is 0.407 e. The van der Waals surface area contributed by atoms with Crippen LogP contribution in [-0.2, 0) is 4.79 Å². The van der Waals surface area contributed by atoms with E-state index in [0.717, 1.165) is 31.6 Å². The van der Waals surface area contributed by atoms with Crippen molar-refractivity contribution in [3.05, 3.63) is 35.9 Å². The van der Waals surface area contributed by atoms with E-state index in [-0.39, 0.29) is 24.9 Å². The van der Waals surface area contributed by atoms with Crippen molar-refractivity contribution in [2.24, 2.45) is 0 Å². The Bertz CT molecular complexity index is 602. The minimum atomic E-state index is -0.957. The smallest absolute Gasteiger partial charge is 0.407 e.